The van der Waals surface area contributed by atoms with E-state index in [0.29, 0.717) is 31.4 Å². The van der Waals surface area contributed by atoms with Crippen LogP contribution in [-0.2, 0) is 4.79 Å². The molecule has 3 rings (SSSR count). The van der Waals surface area contributed by atoms with Gasteiger partial charge in [-0.25, -0.2) is 0 Å². The van der Waals surface area contributed by atoms with Crippen molar-refractivity contribution in [3.63, 3.8) is 0 Å². The zero-order chi connectivity index (χ0) is 21.1. The predicted molar refractivity (Wildman–Crippen MR) is 128 cm³/mol. The number of amides is 1. The molecular weight excluding hydrogens is 494 g/mol. The van der Waals surface area contributed by atoms with Gasteiger partial charge in [-0.1, -0.05) is 48.6 Å². The standard InChI is InChI=1S/C21H19BrClNO3S2/c1-4-12(2)27-17-8-5-13(9-18(17)26-3)10-19-20(25)24(21(28)29-19)14-6-7-15(22)16(23)11-14/h5-12H,4H2,1-3H3/b19-10-/t12-/m0/s1. The summed E-state index contributed by atoms with van der Waals surface area (Å²) >= 11 is 16.2. The van der Waals surface area contributed by atoms with Crippen molar-refractivity contribution in [1.29, 1.82) is 0 Å². The van der Waals surface area contributed by atoms with E-state index < -0.39 is 0 Å². The lowest BCUT2D eigenvalue weighted by atomic mass is 10.1. The number of rotatable bonds is 6. The Morgan fingerprint density at radius 2 is 2.03 bits per heavy atom. The molecule has 0 radical (unpaired) electrons. The smallest absolute Gasteiger partial charge is 0.270 e. The van der Waals surface area contributed by atoms with Gasteiger partial charge in [0.05, 0.1) is 28.8 Å². The number of benzene rings is 2. The third kappa shape index (κ3) is 4.97. The van der Waals surface area contributed by atoms with Crippen LogP contribution < -0.4 is 14.4 Å². The number of anilines is 1. The van der Waals surface area contributed by atoms with E-state index >= 15 is 0 Å². The third-order valence-electron chi connectivity index (χ3n) is 4.34. The molecule has 1 aliphatic heterocycles. The van der Waals surface area contributed by atoms with E-state index in [1.165, 1.54) is 16.7 Å². The number of methoxy groups -OCH3 is 1. The second kappa shape index (κ2) is 9.51. The number of halogens is 2. The molecular formula is C21H19BrClNO3S2. The molecule has 0 spiro atoms. The van der Waals surface area contributed by atoms with Gasteiger partial charge in [-0.15, -0.1) is 0 Å². The molecule has 1 aliphatic rings. The Labute approximate surface area is 193 Å². The average Bonchev–Trinajstić information content (AvgIpc) is 2.98. The van der Waals surface area contributed by atoms with Crippen molar-refractivity contribution in [3.05, 3.63) is 56.4 Å². The maximum Gasteiger partial charge on any atom is 0.270 e. The Bertz CT molecular complexity index is 996. The molecule has 1 atom stereocenters. The first-order chi connectivity index (χ1) is 13.8. The van der Waals surface area contributed by atoms with Gasteiger partial charge in [-0.05, 0) is 71.2 Å². The molecule has 0 bridgehead atoms. The molecule has 1 heterocycles. The average molecular weight is 513 g/mol. The number of thiocarbonyl (C=S) groups is 1. The van der Waals surface area contributed by atoms with E-state index in [-0.39, 0.29) is 12.0 Å². The second-order valence-electron chi connectivity index (χ2n) is 6.36. The van der Waals surface area contributed by atoms with Crippen molar-refractivity contribution in [1.82, 2.24) is 0 Å². The van der Waals surface area contributed by atoms with E-state index in [9.17, 15) is 4.79 Å². The second-order valence-corrected chi connectivity index (χ2v) is 9.30. The van der Waals surface area contributed by atoms with Crippen LogP contribution in [0.25, 0.3) is 6.08 Å². The summed E-state index contributed by atoms with van der Waals surface area (Å²) in [5, 5.41) is 0.516. The van der Waals surface area contributed by atoms with E-state index in [1.807, 2.05) is 25.1 Å². The topological polar surface area (TPSA) is 38.8 Å². The monoisotopic (exact) mass is 511 g/mol. The maximum atomic E-state index is 13.0. The molecule has 0 saturated carbocycles. The Morgan fingerprint density at radius 1 is 1.28 bits per heavy atom. The molecule has 0 unspecified atom stereocenters. The minimum Gasteiger partial charge on any atom is -0.493 e. The zero-order valence-electron chi connectivity index (χ0n) is 16.1. The van der Waals surface area contributed by atoms with Crippen molar-refractivity contribution < 1.29 is 14.3 Å². The highest BCUT2D eigenvalue weighted by atomic mass is 79.9. The SMILES string of the molecule is CC[C@H](C)Oc1ccc(/C=C2\SC(=S)N(c3ccc(Br)c(Cl)c3)C2=O)cc1OC. The highest BCUT2D eigenvalue weighted by molar-refractivity contribution is 9.10. The minimum absolute atomic E-state index is 0.0868. The molecule has 2 aromatic carbocycles. The molecule has 1 amide bonds. The first kappa shape index (κ1) is 22.2. The van der Waals surface area contributed by atoms with Gasteiger partial charge in [0.15, 0.2) is 15.8 Å². The van der Waals surface area contributed by atoms with Crippen molar-refractivity contribution in [2.45, 2.75) is 26.4 Å². The zero-order valence-corrected chi connectivity index (χ0v) is 20.0. The number of thioether (sulfide) groups is 1. The molecule has 8 heteroatoms. The number of nitrogens with zero attached hydrogens (tertiary/aromatic N) is 1. The van der Waals surface area contributed by atoms with Gasteiger partial charge in [0.25, 0.3) is 5.91 Å². The van der Waals surface area contributed by atoms with Crippen LogP contribution >= 0.6 is 51.5 Å². The molecule has 152 valence electrons. The fourth-order valence-electron chi connectivity index (χ4n) is 2.64. The molecule has 0 aliphatic carbocycles. The summed E-state index contributed by atoms with van der Waals surface area (Å²) in [5.74, 6) is 1.11. The summed E-state index contributed by atoms with van der Waals surface area (Å²) in [4.78, 5) is 15.0. The van der Waals surface area contributed by atoms with Crippen LogP contribution in [0.5, 0.6) is 11.5 Å². The molecule has 4 nitrogen and oxygen atoms in total. The fourth-order valence-corrected chi connectivity index (χ4v) is 4.36. The summed E-state index contributed by atoms with van der Waals surface area (Å²) in [5.41, 5.74) is 1.46. The lowest BCUT2D eigenvalue weighted by Crippen LogP contribution is -2.27. The van der Waals surface area contributed by atoms with Crippen LogP contribution in [0.1, 0.15) is 25.8 Å². The van der Waals surface area contributed by atoms with Crippen molar-refractivity contribution >= 4 is 73.5 Å². The maximum absolute atomic E-state index is 13.0. The molecule has 0 N–H and O–H groups in total. The van der Waals surface area contributed by atoms with Gasteiger partial charge in [0.2, 0.25) is 0 Å². The van der Waals surface area contributed by atoms with Gasteiger partial charge in [0, 0.05) is 4.47 Å². The summed E-state index contributed by atoms with van der Waals surface area (Å²) in [6.07, 6.45) is 2.78. The highest BCUT2D eigenvalue weighted by Gasteiger charge is 2.33. The number of hydrogen-bond donors (Lipinski definition) is 0. The summed E-state index contributed by atoms with van der Waals surface area (Å²) < 4.78 is 12.6. The summed E-state index contributed by atoms with van der Waals surface area (Å²) in [6, 6.07) is 10.9. The van der Waals surface area contributed by atoms with Gasteiger partial charge in [0.1, 0.15) is 0 Å². The molecule has 1 fully saturated rings. The fraction of sp³-hybridized carbons (Fsp3) is 0.238. The molecule has 1 saturated heterocycles. The van der Waals surface area contributed by atoms with Crippen molar-refractivity contribution in [2.24, 2.45) is 0 Å². The lowest BCUT2D eigenvalue weighted by Gasteiger charge is -2.16. The normalized spacial score (nSPS) is 16.4. The summed E-state index contributed by atoms with van der Waals surface area (Å²) in [6.45, 7) is 4.07. The van der Waals surface area contributed by atoms with Crippen LogP contribution in [0.2, 0.25) is 5.02 Å². The number of hydrogen-bond acceptors (Lipinski definition) is 5. The Hall–Kier alpha value is -1.54. The van der Waals surface area contributed by atoms with Gasteiger partial charge in [-0.2, -0.15) is 0 Å². The van der Waals surface area contributed by atoms with Gasteiger partial charge < -0.3 is 9.47 Å². The van der Waals surface area contributed by atoms with Crippen LogP contribution in [0.4, 0.5) is 5.69 Å². The van der Waals surface area contributed by atoms with Crippen LogP contribution in [0, 0.1) is 0 Å². The van der Waals surface area contributed by atoms with Crippen molar-refractivity contribution in [2.75, 3.05) is 12.0 Å². The largest absolute Gasteiger partial charge is 0.493 e. The number of carbonyl (C=O) groups excluding carboxylic acids is 1. The number of ether oxygens (including phenoxy) is 2. The van der Waals surface area contributed by atoms with E-state index in [4.69, 9.17) is 33.3 Å². The van der Waals surface area contributed by atoms with E-state index in [2.05, 4.69) is 22.9 Å². The predicted octanol–water partition coefficient (Wildman–Crippen LogP) is 6.69. The number of carbonyl (C=O) groups is 1. The van der Waals surface area contributed by atoms with E-state index in [0.717, 1.165) is 16.5 Å². The van der Waals surface area contributed by atoms with Crippen molar-refractivity contribution in [3.8, 4) is 11.5 Å². The first-order valence-corrected chi connectivity index (χ1v) is 11.3. The van der Waals surface area contributed by atoms with Crippen LogP contribution in [0.3, 0.4) is 0 Å². The van der Waals surface area contributed by atoms with Gasteiger partial charge in [-0.3, -0.25) is 9.69 Å². The first-order valence-electron chi connectivity index (χ1n) is 8.91. The highest BCUT2D eigenvalue weighted by Crippen LogP contribution is 2.39. The lowest BCUT2D eigenvalue weighted by molar-refractivity contribution is -0.113. The van der Waals surface area contributed by atoms with Crippen LogP contribution in [0.15, 0.2) is 45.8 Å². The molecule has 0 aromatic heterocycles. The third-order valence-corrected chi connectivity index (χ3v) is 6.88. The van der Waals surface area contributed by atoms with Gasteiger partial charge >= 0.3 is 0 Å². The van der Waals surface area contributed by atoms with E-state index in [1.54, 1.807) is 31.4 Å². The molecule has 29 heavy (non-hydrogen) atoms. The van der Waals surface area contributed by atoms with Crippen LogP contribution in [-0.4, -0.2) is 23.4 Å². The summed E-state index contributed by atoms with van der Waals surface area (Å²) in [7, 11) is 1.60. The Balaban J connectivity index is 1.88. The molecule has 2 aromatic rings. The quantitative estimate of drug-likeness (QED) is 0.318. The Morgan fingerprint density at radius 3 is 2.69 bits per heavy atom. The minimum atomic E-state index is -0.183. The Kier molecular flexibility index (Phi) is 7.27.